The molecule has 2 aromatic carbocycles. The molecule has 1 atom stereocenters. The highest BCUT2D eigenvalue weighted by molar-refractivity contribution is 8.00. The molecule has 0 saturated heterocycles. The van der Waals surface area contributed by atoms with E-state index in [-0.39, 0.29) is 11.7 Å². The predicted molar refractivity (Wildman–Crippen MR) is 86.8 cm³/mol. The van der Waals surface area contributed by atoms with Crippen LogP contribution in [0.2, 0.25) is 10.0 Å². The van der Waals surface area contributed by atoms with E-state index >= 15 is 0 Å². The van der Waals surface area contributed by atoms with Gasteiger partial charge >= 0.3 is 0 Å². The van der Waals surface area contributed by atoms with Crippen molar-refractivity contribution in [3.63, 3.8) is 0 Å². The van der Waals surface area contributed by atoms with Gasteiger partial charge in [-0.25, -0.2) is 4.39 Å². The maximum absolute atomic E-state index is 12.8. The van der Waals surface area contributed by atoms with E-state index in [0.29, 0.717) is 20.6 Å². The third-order valence-corrected chi connectivity index (χ3v) is 4.79. The van der Waals surface area contributed by atoms with Crippen molar-refractivity contribution in [1.29, 1.82) is 0 Å². The maximum Gasteiger partial charge on any atom is 0.237 e. The monoisotopic (exact) mass is 343 g/mol. The molecule has 0 aliphatic heterocycles. The SMILES string of the molecule is C[C@H](Sc1c(Cl)cccc1Cl)C(=O)Nc1ccc(F)cc1. The number of amides is 1. The van der Waals surface area contributed by atoms with Gasteiger partial charge in [-0.1, -0.05) is 29.3 Å². The van der Waals surface area contributed by atoms with Crippen LogP contribution in [-0.2, 0) is 4.79 Å². The fraction of sp³-hybridized carbons (Fsp3) is 0.133. The van der Waals surface area contributed by atoms with Crippen LogP contribution < -0.4 is 5.32 Å². The van der Waals surface area contributed by atoms with Gasteiger partial charge in [-0.15, -0.1) is 11.8 Å². The molecule has 0 saturated carbocycles. The molecule has 110 valence electrons. The Morgan fingerprint density at radius 2 is 1.71 bits per heavy atom. The van der Waals surface area contributed by atoms with Crippen molar-refractivity contribution in [2.24, 2.45) is 0 Å². The summed E-state index contributed by atoms with van der Waals surface area (Å²) in [6.45, 7) is 1.75. The van der Waals surface area contributed by atoms with Gasteiger partial charge in [0.15, 0.2) is 0 Å². The molecule has 1 N–H and O–H groups in total. The van der Waals surface area contributed by atoms with Gasteiger partial charge in [0, 0.05) is 10.6 Å². The Kier molecular flexibility index (Phi) is 5.51. The molecule has 6 heteroatoms. The Hall–Kier alpha value is -1.23. The van der Waals surface area contributed by atoms with E-state index in [0.717, 1.165) is 0 Å². The van der Waals surface area contributed by atoms with E-state index in [1.54, 1.807) is 25.1 Å². The summed E-state index contributed by atoms with van der Waals surface area (Å²) in [7, 11) is 0. The fourth-order valence-electron chi connectivity index (χ4n) is 1.60. The van der Waals surface area contributed by atoms with Crippen LogP contribution in [0.1, 0.15) is 6.92 Å². The molecular formula is C15H12Cl2FNOS. The van der Waals surface area contributed by atoms with Crippen LogP contribution in [0.25, 0.3) is 0 Å². The molecule has 2 aromatic rings. The first-order valence-electron chi connectivity index (χ1n) is 6.14. The summed E-state index contributed by atoms with van der Waals surface area (Å²) in [6.07, 6.45) is 0. The summed E-state index contributed by atoms with van der Waals surface area (Å²) in [4.78, 5) is 12.8. The number of anilines is 1. The average Bonchev–Trinajstić information content (AvgIpc) is 2.45. The van der Waals surface area contributed by atoms with E-state index in [9.17, 15) is 9.18 Å². The van der Waals surface area contributed by atoms with E-state index in [4.69, 9.17) is 23.2 Å². The Morgan fingerprint density at radius 1 is 1.14 bits per heavy atom. The number of thioether (sulfide) groups is 1. The first-order valence-corrected chi connectivity index (χ1v) is 7.78. The third-order valence-electron chi connectivity index (χ3n) is 2.69. The number of halogens is 3. The molecule has 0 bridgehead atoms. The van der Waals surface area contributed by atoms with Gasteiger partial charge in [-0.05, 0) is 43.3 Å². The Balaban J connectivity index is 2.04. The topological polar surface area (TPSA) is 29.1 Å². The average molecular weight is 344 g/mol. The molecule has 0 heterocycles. The zero-order valence-electron chi connectivity index (χ0n) is 11.1. The Bertz CT molecular complexity index is 628. The first-order chi connectivity index (χ1) is 9.97. The second kappa shape index (κ2) is 7.16. The summed E-state index contributed by atoms with van der Waals surface area (Å²) >= 11 is 13.4. The summed E-state index contributed by atoms with van der Waals surface area (Å²) in [5, 5.41) is 3.34. The lowest BCUT2D eigenvalue weighted by molar-refractivity contribution is -0.115. The second-order valence-electron chi connectivity index (χ2n) is 4.31. The lowest BCUT2D eigenvalue weighted by atomic mass is 10.3. The summed E-state index contributed by atoms with van der Waals surface area (Å²) < 4.78 is 12.8. The van der Waals surface area contributed by atoms with E-state index in [2.05, 4.69) is 5.32 Å². The number of carbonyl (C=O) groups excluding carboxylic acids is 1. The smallest absolute Gasteiger partial charge is 0.237 e. The van der Waals surface area contributed by atoms with Crippen molar-refractivity contribution in [2.45, 2.75) is 17.1 Å². The number of hydrogen-bond donors (Lipinski definition) is 1. The number of nitrogens with one attached hydrogen (secondary N) is 1. The van der Waals surface area contributed by atoms with E-state index < -0.39 is 5.25 Å². The molecule has 0 aliphatic rings. The highest BCUT2D eigenvalue weighted by Gasteiger charge is 2.18. The fourth-order valence-corrected chi connectivity index (χ4v) is 3.15. The number of rotatable bonds is 4. The predicted octanol–water partition coefficient (Wildman–Crippen LogP) is 5.25. The van der Waals surface area contributed by atoms with Crippen molar-refractivity contribution < 1.29 is 9.18 Å². The van der Waals surface area contributed by atoms with Crippen LogP contribution in [0.3, 0.4) is 0 Å². The van der Waals surface area contributed by atoms with Crippen molar-refractivity contribution in [1.82, 2.24) is 0 Å². The van der Waals surface area contributed by atoms with Crippen LogP contribution in [-0.4, -0.2) is 11.2 Å². The lowest BCUT2D eigenvalue weighted by Crippen LogP contribution is -2.22. The molecule has 0 fully saturated rings. The molecule has 0 aliphatic carbocycles. The zero-order valence-corrected chi connectivity index (χ0v) is 13.4. The number of carbonyl (C=O) groups is 1. The van der Waals surface area contributed by atoms with Gasteiger partial charge < -0.3 is 5.32 Å². The van der Waals surface area contributed by atoms with E-state index in [1.807, 2.05) is 0 Å². The standard InChI is InChI=1S/C15H12Cl2FNOS/c1-9(21-14-12(16)3-2-4-13(14)17)15(20)19-11-7-5-10(18)6-8-11/h2-9H,1H3,(H,19,20)/t9-/m0/s1. The molecular weight excluding hydrogens is 332 g/mol. The summed E-state index contributed by atoms with van der Waals surface area (Å²) in [5.41, 5.74) is 0.541. The van der Waals surface area contributed by atoms with Gasteiger partial charge in [-0.2, -0.15) is 0 Å². The third kappa shape index (κ3) is 4.37. The zero-order chi connectivity index (χ0) is 15.4. The molecule has 0 spiro atoms. The van der Waals surface area contributed by atoms with Crippen molar-refractivity contribution in [3.8, 4) is 0 Å². The largest absolute Gasteiger partial charge is 0.325 e. The Morgan fingerprint density at radius 3 is 2.29 bits per heavy atom. The second-order valence-corrected chi connectivity index (χ2v) is 6.47. The van der Waals surface area contributed by atoms with Gasteiger partial charge in [0.25, 0.3) is 0 Å². The summed E-state index contributed by atoms with van der Waals surface area (Å²) in [6, 6.07) is 10.8. The van der Waals surface area contributed by atoms with Crippen LogP contribution in [0, 0.1) is 5.82 Å². The minimum Gasteiger partial charge on any atom is -0.325 e. The van der Waals surface area contributed by atoms with Crippen LogP contribution in [0.4, 0.5) is 10.1 Å². The lowest BCUT2D eigenvalue weighted by Gasteiger charge is -2.13. The number of hydrogen-bond acceptors (Lipinski definition) is 2. The molecule has 0 radical (unpaired) electrons. The molecule has 0 aromatic heterocycles. The molecule has 21 heavy (non-hydrogen) atoms. The van der Waals surface area contributed by atoms with Gasteiger partial charge in [0.1, 0.15) is 5.82 Å². The minimum absolute atomic E-state index is 0.206. The minimum atomic E-state index is -0.396. The van der Waals surface area contributed by atoms with Gasteiger partial charge in [0.05, 0.1) is 15.3 Å². The molecule has 2 rings (SSSR count). The van der Waals surface area contributed by atoms with E-state index in [1.165, 1.54) is 36.0 Å². The van der Waals surface area contributed by atoms with Crippen LogP contribution >= 0.6 is 35.0 Å². The number of benzene rings is 2. The normalized spacial score (nSPS) is 12.0. The highest BCUT2D eigenvalue weighted by atomic mass is 35.5. The molecule has 0 unspecified atom stereocenters. The quantitative estimate of drug-likeness (QED) is 0.768. The van der Waals surface area contributed by atoms with Gasteiger partial charge in [0.2, 0.25) is 5.91 Å². The van der Waals surface area contributed by atoms with Crippen molar-refractivity contribution in [2.75, 3.05) is 5.32 Å². The maximum atomic E-state index is 12.8. The first kappa shape index (κ1) is 16.1. The van der Waals surface area contributed by atoms with Gasteiger partial charge in [-0.3, -0.25) is 4.79 Å². The Labute approximate surface area is 136 Å². The molecule has 1 amide bonds. The van der Waals surface area contributed by atoms with Crippen molar-refractivity contribution >= 4 is 46.6 Å². The highest BCUT2D eigenvalue weighted by Crippen LogP contribution is 2.36. The van der Waals surface area contributed by atoms with Crippen molar-refractivity contribution in [3.05, 3.63) is 58.3 Å². The van der Waals surface area contributed by atoms with Crippen LogP contribution in [0.5, 0.6) is 0 Å². The van der Waals surface area contributed by atoms with Crippen LogP contribution in [0.15, 0.2) is 47.4 Å². The molecule has 2 nitrogen and oxygen atoms in total. The summed E-state index contributed by atoms with van der Waals surface area (Å²) in [5.74, 6) is -0.555.